The van der Waals surface area contributed by atoms with E-state index in [2.05, 4.69) is 31.3 Å². The van der Waals surface area contributed by atoms with Gasteiger partial charge >= 0.3 is 7.60 Å². The van der Waals surface area contributed by atoms with Crippen LogP contribution in [0.4, 0.5) is 0 Å². The van der Waals surface area contributed by atoms with Crippen molar-refractivity contribution in [2.45, 2.75) is 43.6 Å². The Balaban J connectivity index is 2.25. The molecule has 1 aromatic carbocycles. The van der Waals surface area contributed by atoms with Gasteiger partial charge in [0, 0.05) is 4.75 Å². The summed E-state index contributed by atoms with van der Waals surface area (Å²) in [5.41, 5.74) is 1.18. The molecule has 0 amide bonds. The predicted molar refractivity (Wildman–Crippen MR) is 88.6 cm³/mol. The summed E-state index contributed by atoms with van der Waals surface area (Å²) in [5, 5.41) is 3.56. The van der Waals surface area contributed by atoms with Crippen molar-refractivity contribution < 1.29 is 13.6 Å². The normalized spacial score (nSPS) is 25.1. The number of benzene rings is 1. The van der Waals surface area contributed by atoms with Gasteiger partial charge in [-0.1, -0.05) is 30.3 Å². The van der Waals surface area contributed by atoms with Crippen LogP contribution in [-0.4, -0.2) is 23.7 Å². The van der Waals surface area contributed by atoms with Gasteiger partial charge in [-0.2, -0.15) is 0 Å². The van der Waals surface area contributed by atoms with Gasteiger partial charge in [-0.15, -0.1) is 11.8 Å². The SMILES string of the molecule is CCOP(=O)(OCC)[C@H]1N[C@@H](c2ccccc2)SC1(C)C. The van der Waals surface area contributed by atoms with Crippen LogP contribution in [0.5, 0.6) is 0 Å². The molecule has 1 aromatic rings. The van der Waals surface area contributed by atoms with E-state index in [1.165, 1.54) is 5.56 Å². The van der Waals surface area contributed by atoms with Crippen molar-refractivity contribution in [3.05, 3.63) is 35.9 Å². The van der Waals surface area contributed by atoms with Crippen molar-refractivity contribution >= 4 is 19.4 Å². The Kier molecular flexibility index (Phi) is 5.55. The second-order valence-electron chi connectivity index (χ2n) is 5.46. The molecule has 0 radical (unpaired) electrons. The lowest BCUT2D eigenvalue weighted by atomic mass is 10.2. The molecule has 6 heteroatoms. The molecule has 0 spiro atoms. The van der Waals surface area contributed by atoms with Crippen LogP contribution in [0.15, 0.2) is 30.3 Å². The standard InChI is InChI=1S/C15H24NO3PS/c1-5-18-20(17,19-6-2)14-15(3,4)21-13(16-14)12-10-8-7-9-11-12/h7-11,13-14,16H,5-6H2,1-4H3/t13-,14-/m1/s1. The molecule has 0 unspecified atom stereocenters. The van der Waals surface area contributed by atoms with E-state index < -0.39 is 7.60 Å². The fraction of sp³-hybridized carbons (Fsp3) is 0.600. The van der Waals surface area contributed by atoms with Crippen LogP contribution >= 0.6 is 19.4 Å². The van der Waals surface area contributed by atoms with Crippen LogP contribution < -0.4 is 5.32 Å². The summed E-state index contributed by atoms with van der Waals surface area (Å²) in [6.07, 6.45) is 0. The average molecular weight is 329 g/mol. The van der Waals surface area contributed by atoms with Gasteiger partial charge in [0.25, 0.3) is 0 Å². The monoisotopic (exact) mass is 329 g/mol. The molecule has 1 aliphatic rings. The second kappa shape index (κ2) is 6.84. The third-order valence-electron chi connectivity index (χ3n) is 3.43. The maximum absolute atomic E-state index is 13.1. The lowest BCUT2D eigenvalue weighted by Crippen LogP contribution is -2.38. The van der Waals surface area contributed by atoms with Crippen molar-refractivity contribution in [2.24, 2.45) is 0 Å². The Bertz CT molecular complexity index is 499. The summed E-state index contributed by atoms with van der Waals surface area (Å²) in [4.78, 5) is 0. The zero-order valence-corrected chi connectivity index (χ0v) is 14.7. The molecule has 2 atom stereocenters. The first-order valence-corrected chi connectivity index (χ1v) is 9.79. The first-order chi connectivity index (χ1) is 9.93. The summed E-state index contributed by atoms with van der Waals surface area (Å²) < 4.78 is 23.9. The van der Waals surface area contributed by atoms with Gasteiger partial charge < -0.3 is 9.05 Å². The molecule has 1 aliphatic heterocycles. The molecular weight excluding hydrogens is 305 g/mol. The van der Waals surface area contributed by atoms with E-state index in [4.69, 9.17) is 9.05 Å². The highest BCUT2D eigenvalue weighted by molar-refractivity contribution is 8.01. The quantitative estimate of drug-likeness (QED) is 0.784. The molecule has 4 nitrogen and oxygen atoms in total. The van der Waals surface area contributed by atoms with Crippen LogP contribution in [-0.2, 0) is 13.6 Å². The molecule has 0 saturated carbocycles. The maximum atomic E-state index is 13.1. The van der Waals surface area contributed by atoms with Crippen LogP contribution in [0.2, 0.25) is 0 Å². The Morgan fingerprint density at radius 2 is 1.76 bits per heavy atom. The minimum Gasteiger partial charge on any atom is -0.308 e. The second-order valence-corrected chi connectivity index (χ2v) is 9.33. The fourth-order valence-electron chi connectivity index (χ4n) is 2.56. The van der Waals surface area contributed by atoms with E-state index in [1.54, 1.807) is 11.8 Å². The van der Waals surface area contributed by atoms with Gasteiger partial charge in [-0.3, -0.25) is 9.88 Å². The van der Waals surface area contributed by atoms with Gasteiger partial charge in [0.05, 0.1) is 18.6 Å². The number of thioether (sulfide) groups is 1. The van der Waals surface area contributed by atoms with E-state index in [-0.39, 0.29) is 15.9 Å². The fourth-order valence-corrected chi connectivity index (χ4v) is 6.71. The minimum absolute atomic E-state index is 0.0976. The number of hydrogen-bond donors (Lipinski definition) is 1. The number of hydrogen-bond acceptors (Lipinski definition) is 5. The van der Waals surface area contributed by atoms with Crippen molar-refractivity contribution in [1.82, 2.24) is 5.32 Å². The zero-order valence-electron chi connectivity index (χ0n) is 13.0. The number of rotatable bonds is 6. The topological polar surface area (TPSA) is 47.6 Å². The molecule has 0 aromatic heterocycles. The lowest BCUT2D eigenvalue weighted by molar-refractivity contribution is 0.204. The van der Waals surface area contributed by atoms with Gasteiger partial charge in [-0.25, -0.2) is 0 Å². The van der Waals surface area contributed by atoms with Crippen molar-refractivity contribution in [3.8, 4) is 0 Å². The molecule has 0 aliphatic carbocycles. The average Bonchev–Trinajstić information content (AvgIpc) is 2.77. The summed E-state index contributed by atoms with van der Waals surface area (Å²) in [6, 6.07) is 10.2. The molecule has 21 heavy (non-hydrogen) atoms. The Morgan fingerprint density at radius 3 is 2.29 bits per heavy atom. The minimum atomic E-state index is -3.18. The predicted octanol–water partition coefficient (Wildman–Crippen LogP) is 4.39. The smallest absolute Gasteiger partial charge is 0.308 e. The molecule has 0 bridgehead atoms. The highest BCUT2D eigenvalue weighted by Gasteiger charge is 2.52. The molecule has 1 heterocycles. The third kappa shape index (κ3) is 3.72. The van der Waals surface area contributed by atoms with Gasteiger partial charge in [0.1, 0.15) is 5.78 Å². The van der Waals surface area contributed by atoms with E-state index in [0.717, 1.165) is 0 Å². The largest absolute Gasteiger partial charge is 0.348 e. The molecule has 2 rings (SSSR count). The van der Waals surface area contributed by atoms with E-state index in [1.807, 2.05) is 32.0 Å². The molecule has 1 saturated heterocycles. The van der Waals surface area contributed by atoms with Crippen LogP contribution in [0, 0.1) is 0 Å². The first kappa shape index (κ1) is 17.0. The lowest BCUT2D eigenvalue weighted by Gasteiger charge is -2.31. The summed E-state index contributed by atoms with van der Waals surface area (Å²) in [7, 11) is -3.18. The van der Waals surface area contributed by atoms with Gasteiger partial charge in [0.2, 0.25) is 0 Å². The van der Waals surface area contributed by atoms with Crippen molar-refractivity contribution in [3.63, 3.8) is 0 Å². The molecule has 1 N–H and O–H groups in total. The Labute approximate surface area is 131 Å². The summed E-state index contributed by atoms with van der Waals surface area (Å²) in [6.45, 7) is 8.62. The Hall–Kier alpha value is -0.320. The van der Waals surface area contributed by atoms with Crippen LogP contribution in [0.3, 0.4) is 0 Å². The summed E-state index contributed by atoms with van der Waals surface area (Å²) in [5.74, 6) is -0.319. The van der Waals surface area contributed by atoms with Crippen molar-refractivity contribution in [1.29, 1.82) is 0 Å². The molecule has 1 fully saturated rings. The molecule has 118 valence electrons. The van der Waals surface area contributed by atoms with E-state index >= 15 is 0 Å². The first-order valence-electron chi connectivity index (χ1n) is 7.30. The summed E-state index contributed by atoms with van der Waals surface area (Å²) >= 11 is 1.76. The maximum Gasteiger partial charge on any atom is 0.348 e. The van der Waals surface area contributed by atoms with E-state index in [9.17, 15) is 4.57 Å². The van der Waals surface area contributed by atoms with Crippen molar-refractivity contribution in [2.75, 3.05) is 13.2 Å². The Morgan fingerprint density at radius 1 is 1.19 bits per heavy atom. The zero-order chi connectivity index (χ0) is 15.5. The van der Waals surface area contributed by atoms with Crippen LogP contribution in [0.1, 0.15) is 38.6 Å². The van der Waals surface area contributed by atoms with E-state index in [0.29, 0.717) is 13.2 Å². The highest BCUT2D eigenvalue weighted by Crippen LogP contribution is 2.63. The number of nitrogens with one attached hydrogen (secondary N) is 1. The van der Waals surface area contributed by atoms with Gasteiger partial charge in [0.15, 0.2) is 0 Å². The van der Waals surface area contributed by atoms with Gasteiger partial charge in [-0.05, 0) is 33.3 Å². The highest BCUT2D eigenvalue weighted by atomic mass is 32.2. The molecular formula is C15H24NO3PS. The van der Waals surface area contributed by atoms with Crippen LogP contribution in [0.25, 0.3) is 0 Å². The third-order valence-corrected chi connectivity index (χ3v) is 7.75.